The molecule has 0 fully saturated rings. The fourth-order valence-electron chi connectivity index (χ4n) is 4.31. The number of Topliss-reactive ketones (excluding diaryl/α,β-unsaturated/α-hetero) is 1. The van der Waals surface area contributed by atoms with Gasteiger partial charge in [0.15, 0.2) is 23.0 Å². The van der Waals surface area contributed by atoms with E-state index in [0.717, 1.165) is 33.2 Å². The van der Waals surface area contributed by atoms with E-state index in [0.29, 0.717) is 17.9 Å². The van der Waals surface area contributed by atoms with E-state index in [-0.39, 0.29) is 23.3 Å². The molecule has 0 aromatic heterocycles. The molecule has 3 aromatic rings. The number of hydrogen-bond donors (Lipinski definition) is 2. The van der Waals surface area contributed by atoms with Crippen molar-refractivity contribution >= 4 is 22.2 Å². The Morgan fingerprint density at radius 2 is 1.72 bits per heavy atom. The first-order valence-electron chi connectivity index (χ1n) is 9.33. The minimum atomic E-state index is -0.262. The first-order chi connectivity index (χ1) is 13.9. The number of benzene rings is 3. The molecule has 0 radical (unpaired) electrons. The third-order valence-corrected chi connectivity index (χ3v) is 5.59. The Labute approximate surface area is 168 Å². The van der Waals surface area contributed by atoms with Crippen molar-refractivity contribution in [2.45, 2.75) is 19.4 Å². The number of rotatable bonds is 4. The summed E-state index contributed by atoms with van der Waals surface area (Å²) in [5.74, 6) is 0.938. The number of hydrogen-bond acceptors (Lipinski definition) is 6. The molecule has 1 unspecified atom stereocenters. The number of ketones is 1. The van der Waals surface area contributed by atoms with Crippen LogP contribution in [-0.2, 0) is 4.79 Å². The summed E-state index contributed by atoms with van der Waals surface area (Å²) in [6, 6.07) is 10.6. The molecule has 3 aromatic carbocycles. The van der Waals surface area contributed by atoms with Crippen molar-refractivity contribution in [3.63, 3.8) is 0 Å². The molecule has 0 amide bonds. The highest BCUT2D eigenvalue weighted by Crippen LogP contribution is 2.53. The SMILES string of the molecule is COc1ccc2c(c1OC)C(CC(C)=O)N(C)c1c-2ccc2cc(O)c(O)cc12. The normalized spacial score (nSPS) is 15.0. The molecule has 1 aliphatic heterocycles. The molecular formula is C23H23NO5. The molecule has 0 bridgehead atoms. The van der Waals surface area contributed by atoms with Crippen LogP contribution in [-0.4, -0.2) is 37.3 Å². The minimum absolute atomic E-state index is 0.0573. The maximum absolute atomic E-state index is 12.1. The van der Waals surface area contributed by atoms with E-state index in [1.54, 1.807) is 33.3 Å². The Kier molecular flexibility index (Phi) is 4.49. The summed E-state index contributed by atoms with van der Waals surface area (Å²) >= 11 is 0. The molecule has 1 heterocycles. The largest absolute Gasteiger partial charge is 0.504 e. The van der Waals surface area contributed by atoms with Crippen LogP contribution >= 0.6 is 0 Å². The number of nitrogens with zero attached hydrogens (tertiary/aromatic N) is 1. The highest BCUT2D eigenvalue weighted by atomic mass is 16.5. The van der Waals surface area contributed by atoms with Gasteiger partial charge in [-0.05, 0) is 42.1 Å². The van der Waals surface area contributed by atoms with Gasteiger partial charge in [0.25, 0.3) is 0 Å². The highest BCUT2D eigenvalue weighted by molar-refractivity contribution is 6.05. The standard InChI is InChI=1S/C23H23NO5/c1-12(25)9-17-21-14(7-8-20(28-3)23(21)29-4)15-6-5-13-10-18(26)19(27)11-16(13)22(15)24(17)2/h5-8,10-11,17,26-27H,9H2,1-4H3. The van der Waals surface area contributed by atoms with Crippen LogP contribution in [0.5, 0.6) is 23.0 Å². The number of anilines is 1. The lowest BCUT2D eigenvalue weighted by Gasteiger charge is -2.39. The number of fused-ring (bicyclic) bond motifs is 5. The van der Waals surface area contributed by atoms with E-state index < -0.39 is 0 Å². The van der Waals surface area contributed by atoms with Crippen molar-refractivity contribution in [3.05, 3.63) is 42.0 Å². The van der Waals surface area contributed by atoms with Crippen LogP contribution in [0.1, 0.15) is 24.9 Å². The van der Waals surface area contributed by atoms with E-state index in [1.165, 1.54) is 0 Å². The summed E-state index contributed by atoms with van der Waals surface area (Å²) in [7, 11) is 5.12. The minimum Gasteiger partial charge on any atom is -0.504 e. The monoisotopic (exact) mass is 393 g/mol. The maximum Gasteiger partial charge on any atom is 0.166 e. The smallest absolute Gasteiger partial charge is 0.166 e. The zero-order valence-corrected chi connectivity index (χ0v) is 16.8. The lowest BCUT2D eigenvalue weighted by atomic mass is 9.84. The van der Waals surface area contributed by atoms with Crippen LogP contribution in [0.4, 0.5) is 5.69 Å². The molecule has 150 valence electrons. The van der Waals surface area contributed by atoms with Gasteiger partial charge in [0.05, 0.1) is 25.9 Å². The molecule has 6 nitrogen and oxygen atoms in total. The highest BCUT2D eigenvalue weighted by Gasteiger charge is 2.35. The van der Waals surface area contributed by atoms with Crippen molar-refractivity contribution < 1.29 is 24.5 Å². The summed E-state index contributed by atoms with van der Waals surface area (Å²) in [5, 5.41) is 21.6. The van der Waals surface area contributed by atoms with Crippen LogP contribution in [0.2, 0.25) is 0 Å². The summed E-state index contributed by atoms with van der Waals surface area (Å²) in [5.41, 5.74) is 3.71. The number of carbonyl (C=O) groups is 1. The molecule has 0 aliphatic carbocycles. The first-order valence-corrected chi connectivity index (χ1v) is 9.33. The lowest BCUT2D eigenvalue weighted by molar-refractivity contribution is -0.117. The Morgan fingerprint density at radius 3 is 2.38 bits per heavy atom. The van der Waals surface area contributed by atoms with E-state index >= 15 is 0 Å². The Hall–Kier alpha value is -3.41. The van der Waals surface area contributed by atoms with Gasteiger partial charge in [0.2, 0.25) is 0 Å². The second-order valence-corrected chi connectivity index (χ2v) is 7.32. The van der Waals surface area contributed by atoms with Gasteiger partial charge in [-0.1, -0.05) is 12.1 Å². The van der Waals surface area contributed by atoms with Gasteiger partial charge in [-0.15, -0.1) is 0 Å². The van der Waals surface area contributed by atoms with Gasteiger partial charge in [-0.3, -0.25) is 4.79 Å². The lowest BCUT2D eigenvalue weighted by Crippen LogP contribution is -2.30. The average molecular weight is 393 g/mol. The Balaban J connectivity index is 2.10. The molecule has 6 heteroatoms. The fourth-order valence-corrected chi connectivity index (χ4v) is 4.31. The number of phenols is 2. The third-order valence-electron chi connectivity index (χ3n) is 5.59. The molecule has 2 N–H and O–H groups in total. The van der Waals surface area contributed by atoms with E-state index in [9.17, 15) is 15.0 Å². The van der Waals surface area contributed by atoms with Crippen molar-refractivity contribution in [1.82, 2.24) is 0 Å². The predicted octanol–water partition coefficient (Wildman–Crippen LogP) is 4.41. The van der Waals surface area contributed by atoms with Gasteiger partial charge < -0.3 is 24.6 Å². The molecule has 1 aliphatic rings. The van der Waals surface area contributed by atoms with Crippen molar-refractivity contribution in [1.29, 1.82) is 0 Å². The van der Waals surface area contributed by atoms with Crippen molar-refractivity contribution in [2.75, 3.05) is 26.2 Å². The number of aromatic hydroxyl groups is 2. The number of methoxy groups -OCH3 is 2. The fraction of sp³-hybridized carbons (Fsp3) is 0.261. The maximum atomic E-state index is 12.1. The van der Waals surface area contributed by atoms with E-state index in [1.807, 2.05) is 36.2 Å². The van der Waals surface area contributed by atoms with Gasteiger partial charge in [-0.2, -0.15) is 0 Å². The molecule has 0 saturated carbocycles. The van der Waals surface area contributed by atoms with E-state index in [4.69, 9.17) is 9.47 Å². The molecule has 0 spiro atoms. The van der Waals surface area contributed by atoms with Crippen molar-refractivity contribution in [2.24, 2.45) is 0 Å². The van der Waals surface area contributed by atoms with Crippen LogP contribution in [0.15, 0.2) is 36.4 Å². The summed E-state index contributed by atoms with van der Waals surface area (Å²) in [6.07, 6.45) is 0.299. The molecule has 4 rings (SSSR count). The number of ether oxygens (including phenoxy) is 2. The number of carbonyl (C=O) groups excluding carboxylic acids is 1. The second kappa shape index (κ2) is 6.88. The van der Waals surface area contributed by atoms with Crippen LogP contribution < -0.4 is 14.4 Å². The van der Waals surface area contributed by atoms with Gasteiger partial charge in [-0.25, -0.2) is 0 Å². The summed E-state index contributed by atoms with van der Waals surface area (Å²) in [4.78, 5) is 14.2. The average Bonchev–Trinajstić information content (AvgIpc) is 2.70. The zero-order chi connectivity index (χ0) is 20.9. The van der Waals surface area contributed by atoms with Gasteiger partial charge >= 0.3 is 0 Å². The van der Waals surface area contributed by atoms with Gasteiger partial charge in [0.1, 0.15) is 5.78 Å². The second-order valence-electron chi connectivity index (χ2n) is 7.32. The molecule has 0 saturated heterocycles. The number of phenolic OH excluding ortho intramolecular Hbond substituents is 2. The summed E-state index contributed by atoms with van der Waals surface area (Å²) in [6.45, 7) is 1.57. The Bertz CT molecular complexity index is 1140. The summed E-state index contributed by atoms with van der Waals surface area (Å²) < 4.78 is 11.2. The third kappa shape index (κ3) is 2.83. The first kappa shape index (κ1) is 18.9. The van der Waals surface area contributed by atoms with Crippen LogP contribution in [0.3, 0.4) is 0 Å². The predicted molar refractivity (Wildman–Crippen MR) is 112 cm³/mol. The molecule has 1 atom stereocenters. The zero-order valence-electron chi connectivity index (χ0n) is 16.8. The topological polar surface area (TPSA) is 79.2 Å². The molecule has 29 heavy (non-hydrogen) atoms. The molecular weight excluding hydrogens is 370 g/mol. The van der Waals surface area contributed by atoms with Crippen LogP contribution in [0.25, 0.3) is 21.9 Å². The van der Waals surface area contributed by atoms with E-state index in [2.05, 4.69) is 0 Å². The van der Waals surface area contributed by atoms with Gasteiger partial charge in [0, 0.05) is 30.0 Å². The quantitative estimate of drug-likeness (QED) is 0.640. The van der Waals surface area contributed by atoms with Crippen LogP contribution in [0, 0.1) is 0 Å². The van der Waals surface area contributed by atoms with Crippen molar-refractivity contribution in [3.8, 4) is 34.1 Å². The Morgan fingerprint density at radius 1 is 1.03 bits per heavy atom.